The number of benzene rings is 2. The van der Waals surface area contributed by atoms with E-state index in [2.05, 4.69) is 5.48 Å². The van der Waals surface area contributed by atoms with Gasteiger partial charge in [0.15, 0.2) is 6.29 Å². The Balaban J connectivity index is 1.66. The Morgan fingerprint density at radius 2 is 1.88 bits per heavy atom. The normalized spacial score (nSPS) is 23.6. The number of amides is 2. The van der Waals surface area contributed by atoms with Gasteiger partial charge < -0.3 is 14.4 Å². The highest BCUT2D eigenvalue weighted by Gasteiger charge is 2.43. The number of hydrogen-bond acceptors (Lipinski definition) is 5. The van der Waals surface area contributed by atoms with Crippen molar-refractivity contribution in [2.24, 2.45) is 5.92 Å². The van der Waals surface area contributed by atoms with Crippen molar-refractivity contribution >= 4 is 17.5 Å². The molecular formula is C25H30N2O5. The molecule has 32 heavy (non-hydrogen) atoms. The third-order valence-corrected chi connectivity index (χ3v) is 6.13. The highest BCUT2D eigenvalue weighted by atomic mass is 16.8. The largest absolute Gasteiger partial charge is 0.496 e. The highest BCUT2D eigenvalue weighted by Crippen LogP contribution is 2.43. The summed E-state index contributed by atoms with van der Waals surface area (Å²) in [5.41, 5.74) is 5.26. The van der Waals surface area contributed by atoms with Gasteiger partial charge in [-0.15, -0.1) is 0 Å². The summed E-state index contributed by atoms with van der Waals surface area (Å²) in [5.74, 6) is -0.155. The maximum atomic E-state index is 13.3. The molecule has 0 saturated carbocycles. The van der Waals surface area contributed by atoms with Gasteiger partial charge in [0.2, 0.25) is 11.8 Å². The molecule has 2 fully saturated rings. The topological polar surface area (TPSA) is 77.1 Å². The molecule has 0 bridgehead atoms. The van der Waals surface area contributed by atoms with E-state index >= 15 is 0 Å². The molecule has 7 nitrogen and oxygen atoms in total. The quantitative estimate of drug-likeness (QED) is 0.688. The first kappa shape index (κ1) is 22.3. The first-order valence-electron chi connectivity index (χ1n) is 11.2. The second-order valence-corrected chi connectivity index (χ2v) is 8.31. The summed E-state index contributed by atoms with van der Waals surface area (Å²) in [6.07, 6.45) is 3.01. The van der Waals surface area contributed by atoms with Gasteiger partial charge in [-0.2, -0.15) is 0 Å². The van der Waals surface area contributed by atoms with Gasteiger partial charge in [-0.1, -0.05) is 35.9 Å². The molecule has 2 aliphatic heterocycles. The van der Waals surface area contributed by atoms with Gasteiger partial charge in [0.05, 0.1) is 19.1 Å². The molecule has 2 aromatic rings. The SMILES string of the molecule is COc1ccccc1C1C(C(=O)NOC2CCCCO2)CCC(=O)N1c1ccc(C)cc1. The van der Waals surface area contributed by atoms with E-state index < -0.39 is 18.2 Å². The van der Waals surface area contributed by atoms with Crippen LogP contribution >= 0.6 is 0 Å². The lowest BCUT2D eigenvalue weighted by atomic mass is 9.83. The van der Waals surface area contributed by atoms with Crippen molar-refractivity contribution < 1.29 is 23.9 Å². The molecule has 0 aliphatic carbocycles. The first-order chi connectivity index (χ1) is 15.6. The predicted molar refractivity (Wildman–Crippen MR) is 120 cm³/mol. The van der Waals surface area contributed by atoms with Crippen LogP contribution in [0.4, 0.5) is 5.69 Å². The summed E-state index contributed by atoms with van der Waals surface area (Å²) >= 11 is 0. The molecule has 2 aliphatic rings. The number of nitrogens with zero attached hydrogens (tertiary/aromatic N) is 1. The van der Waals surface area contributed by atoms with E-state index in [1.54, 1.807) is 12.0 Å². The fraction of sp³-hybridized carbons (Fsp3) is 0.440. The van der Waals surface area contributed by atoms with Gasteiger partial charge in [-0.05, 0) is 44.4 Å². The van der Waals surface area contributed by atoms with Crippen molar-refractivity contribution in [3.05, 3.63) is 59.7 Å². The Kier molecular flexibility index (Phi) is 7.07. The fourth-order valence-electron chi connectivity index (χ4n) is 4.45. The number of hydroxylamine groups is 1. The monoisotopic (exact) mass is 438 g/mol. The molecule has 0 spiro atoms. The second kappa shape index (κ2) is 10.1. The van der Waals surface area contributed by atoms with Crippen LogP contribution in [-0.2, 0) is 19.2 Å². The smallest absolute Gasteiger partial charge is 0.249 e. The van der Waals surface area contributed by atoms with E-state index in [1.165, 1.54) is 0 Å². The number of carbonyl (C=O) groups is 2. The van der Waals surface area contributed by atoms with Gasteiger partial charge in [0, 0.05) is 30.7 Å². The number of ether oxygens (including phenoxy) is 2. The van der Waals surface area contributed by atoms with Crippen molar-refractivity contribution in [2.45, 2.75) is 51.4 Å². The van der Waals surface area contributed by atoms with Crippen LogP contribution in [0.2, 0.25) is 0 Å². The lowest BCUT2D eigenvalue weighted by Gasteiger charge is -2.41. The molecule has 0 aromatic heterocycles. The van der Waals surface area contributed by atoms with Crippen LogP contribution in [0.1, 0.15) is 49.3 Å². The van der Waals surface area contributed by atoms with Crippen LogP contribution in [0, 0.1) is 12.8 Å². The third-order valence-electron chi connectivity index (χ3n) is 6.13. The Morgan fingerprint density at radius 3 is 2.59 bits per heavy atom. The summed E-state index contributed by atoms with van der Waals surface area (Å²) in [6, 6.07) is 14.8. The Bertz CT molecular complexity index is 940. The summed E-state index contributed by atoms with van der Waals surface area (Å²) < 4.78 is 11.2. The average molecular weight is 439 g/mol. The van der Waals surface area contributed by atoms with Crippen molar-refractivity contribution in [3.63, 3.8) is 0 Å². The van der Waals surface area contributed by atoms with Crippen molar-refractivity contribution in [2.75, 3.05) is 18.6 Å². The minimum Gasteiger partial charge on any atom is -0.496 e. The van der Waals surface area contributed by atoms with Crippen LogP contribution in [0.25, 0.3) is 0 Å². The number of anilines is 1. The van der Waals surface area contributed by atoms with Gasteiger partial charge in [0.1, 0.15) is 5.75 Å². The molecule has 3 unspecified atom stereocenters. The number of para-hydroxylation sites is 1. The van der Waals surface area contributed by atoms with Crippen LogP contribution < -0.4 is 15.1 Å². The average Bonchev–Trinajstić information content (AvgIpc) is 2.83. The second-order valence-electron chi connectivity index (χ2n) is 8.31. The van der Waals surface area contributed by atoms with Crippen LogP contribution in [-0.4, -0.2) is 31.8 Å². The summed E-state index contributed by atoms with van der Waals surface area (Å²) in [4.78, 5) is 33.7. The molecule has 170 valence electrons. The molecule has 1 N–H and O–H groups in total. The number of piperidine rings is 1. The van der Waals surface area contributed by atoms with E-state index in [1.807, 2.05) is 55.5 Å². The van der Waals surface area contributed by atoms with E-state index in [9.17, 15) is 9.59 Å². The number of nitrogens with one attached hydrogen (secondary N) is 1. The van der Waals surface area contributed by atoms with Gasteiger partial charge in [-0.25, -0.2) is 10.3 Å². The van der Waals surface area contributed by atoms with Crippen LogP contribution in [0.3, 0.4) is 0 Å². The van der Waals surface area contributed by atoms with Crippen molar-refractivity contribution in [1.29, 1.82) is 0 Å². The van der Waals surface area contributed by atoms with Crippen LogP contribution in [0.15, 0.2) is 48.5 Å². The maximum Gasteiger partial charge on any atom is 0.249 e. The number of rotatable bonds is 6. The zero-order chi connectivity index (χ0) is 22.5. The highest BCUT2D eigenvalue weighted by molar-refractivity contribution is 5.97. The van der Waals surface area contributed by atoms with Crippen molar-refractivity contribution in [1.82, 2.24) is 5.48 Å². The summed E-state index contributed by atoms with van der Waals surface area (Å²) in [5, 5.41) is 0. The molecule has 2 amide bonds. The first-order valence-corrected chi connectivity index (χ1v) is 11.2. The number of methoxy groups -OCH3 is 1. The molecule has 2 aromatic carbocycles. The van der Waals surface area contributed by atoms with Crippen molar-refractivity contribution in [3.8, 4) is 5.75 Å². The molecule has 0 radical (unpaired) electrons. The molecule has 7 heteroatoms. The zero-order valence-corrected chi connectivity index (χ0v) is 18.6. The maximum absolute atomic E-state index is 13.3. The van der Waals surface area contributed by atoms with E-state index in [4.69, 9.17) is 14.3 Å². The predicted octanol–water partition coefficient (Wildman–Crippen LogP) is 4.06. The number of carbonyl (C=O) groups excluding carboxylic acids is 2. The fourth-order valence-corrected chi connectivity index (χ4v) is 4.45. The molecular weight excluding hydrogens is 408 g/mol. The third kappa shape index (κ3) is 4.79. The Labute approximate surface area is 188 Å². The number of hydrogen-bond donors (Lipinski definition) is 1. The summed E-state index contributed by atoms with van der Waals surface area (Å²) in [7, 11) is 1.60. The van der Waals surface area contributed by atoms with E-state index in [0.29, 0.717) is 18.8 Å². The molecule has 2 heterocycles. The van der Waals surface area contributed by atoms with E-state index in [0.717, 1.165) is 36.1 Å². The summed E-state index contributed by atoms with van der Waals surface area (Å²) in [6.45, 7) is 2.63. The lowest BCUT2D eigenvalue weighted by Crippen LogP contribution is -2.49. The van der Waals surface area contributed by atoms with E-state index in [-0.39, 0.29) is 18.2 Å². The minimum absolute atomic E-state index is 0.0228. The minimum atomic E-state index is -0.522. The Hall–Kier alpha value is -2.90. The molecule has 4 rings (SSSR count). The van der Waals surface area contributed by atoms with Gasteiger partial charge in [-0.3, -0.25) is 9.59 Å². The molecule has 2 saturated heterocycles. The molecule has 3 atom stereocenters. The van der Waals surface area contributed by atoms with Crippen LogP contribution in [0.5, 0.6) is 5.75 Å². The Morgan fingerprint density at radius 1 is 1.09 bits per heavy atom. The number of aryl methyl sites for hydroxylation is 1. The van der Waals surface area contributed by atoms with Gasteiger partial charge >= 0.3 is 0 Å². The standard InChI is InChI=1S/C25H30N2O5/c1-17-10-12-18(13-11-17)27-22(28)15-14-20(24(27)19-7-3-4-8-21(19)30-2)25(29)26-32-23-9-5-6-16-31-23/h3-4,7-8,10-13,20,23-24H,5-6,9,14-16H2,1-2H3,(H,26,29). The lowest BCUT2D eigenvalue weighted by molar-refractivity contribution is -0.202. The zero-order valence-electron chi connectivity index (χ0n) is 18.6. The van der Waals surface area contributed by atoms with Gasteiger partial charge in [0.25, 0.3) is 0 Å².